The monoisotopic (exact) mass is 371 g/mol. The van der Waals surface area contributed by atoms with Gasteiger partial charge in [-0.1, -0.05) is 40.9 Å². The first-order valence-corrected chi connectivity index (χ1v) is 7.68. The molecule has 0 aromatic heterocycles. The summed E-state index contributed by atoms with van der Waals surface area (Å²) in [5, 5.41) is 3.53. The summed E-state index contributed by atoms with van der Waals surface area (Å²) >= 11 is 17.7. The van der Waals surface area contributed by atoms with Crippen LogP contribution in [0.2, 0.25) is 15.1 Å². The standard InChI is InChI=1S/C16H12Cl3NO3/c1-9-2-5-14(13(19)6-9)20-15(21)8-23-16(22)11-4-3-10(17)7-12(11)18/h2-7H,8H2,1H3,(H,20,21). The lowest BCUT2D eigenvalue weighted by Gasteiger charge is -2.09. The molecule has 0 bridgehead atoms. The molecule has 1 N–H and O–H groups in total. The molecule has 4 nitrogen and oxygen atoms in total. The van der Waals surface area contributed by atoms with Crippen LogP contribution in [0, 0.1) is 6.92 Å². The first kappa shape index (κ1) is 17.6. The maximum Gasteiger partial charge on any atom is 0.340 e. The van der Waals surface area contributed by atoms with E-state index >= 15 is 0 Å². The lowest BCUT2D eigenvalue weighted by atomic mass is 10.2. The third kappa shape index (κ3) is 4.86. The van der Waals surface area contributed by atoms with Crippen LogP contribution >= 0.6 is 34.8 Å². The number of anilines is 1. The second-order valence-corrected chi connectivity index (χ2v) is 5.98. The molecule has 0 radical (unpaired) electrons. The highest BCUT2D eigenvalue weighted by Crippen LogP contribution is 2.23. The van der Waals surface area contributed by atoms with Crippen molar-refractivity contribution in [2.75, 3.05) is 11.9 Å². The van der Waals surface area contributed by atoms with Crippen LogP contribution in [0.25, 0.3) is 0 Å². The Bertz CT molecular complexity index is 762. The van der Waals surface area contributed by atoms with Crippen LogP contribution in [-0.2, 0) is 9.53 Å². The number of carbonyl (C=O) groups is 2. The van der Waals surface area contributed by atoms with E-state index < -0.39 is 18.5 Å². The Morgan fingerprint density at radius 1 is 1.04 bits per heavy atom. The lowest BCUT2D eigenvalue weighted by molar-refractivity contribution is -0.119. The van der Waals surface area contributed by atoms with Crippen molar-refractivity contribution in [3.05, 3.63) is 62.6 Å². The van der Waals surface area contributed by atoms with Crippen LogP contribution in [0.5, 0.6) is 0 Å². The fourth-order valence-electron chi connectivity index (χ4n) is 1.77. The van der Waals surface area contributed by atoms with Gasteiger partial charge in [0.1, 0.15) is 0 Å². The Kier molecular flexibility index (Phi) is 5.88. The molecule has 0 unspecified atom stereocenters. The number of hydrogen-bond acceptors (Lipinski definition) is 3. The quantitative estimate of drug-likeness (QED) is 0.788. The van der Waals surface area contributed by atoms with E-state index in [1.807, 2.05) is 6.92 Å². The van der Waals surface area contributed by atoms with Crippen molar-refractivity contribution in [3.8, 4) is 0 Å². The zero-order valence-corrected chi connectivity index (χ0v) is 14.3. The summed E-state index contributed by atoms with van der Waals surface area (Å²) in [6.07, 6.45) is 0. The molecule has 0 saturated heterocycles. The van der Waals surface area contributed by atoms with Gasteiger partial charge in [-0.2, -0.15) is 0 Å². The van der Waals surface area contributed by atoms with E-state index in [0.717, 1.165) is 5.56 Å². The normalized spacial score (nSPS) is 10.3. The van der Waals surface area contributed by atoms with Gasteiger partial charge in [-0.25, -0.2) is 4.79 Å². The van der Waals surface area contributed by atoms with E-state index in [9.17, 15) is 9.59 Å². The first-order valence-electron chi connectivity index (χ1n) is 6.55. The number of benzene rings is 2. The van der Waals surface area contributed by atoms with Gasteiger partial charge in [-0.05, 0) is 42.8 Å². The van der Waals surface area contributed by atoms with Crippen molar-refractivity contribution in [3.63, 3.8) is 0 Å². The zero-order valence-electron chi connectivity index (χ0n) is 12.0. The molecule has 0 fully saturated rings. The number of aryl methyl sites for hydroxylation is 1. The Morgan fingerprint density at radius 2 is 1.78 bits per heavy atom. The molecule has 2 aromatic carbocycles. The number of carbonyl (C=O) groups excluding carboxylic acids is 2. The molecule has 120 valence electrons. The number of amides is 1. The molecular weight excluding hydrogens is 361 g/mol. The average Bonchev–Trinajstić information content (AvgIpc) is 2.48. The van der Waals surface area contributed by atoms with E-state index in [0.29, 0.717) is 15.7 Å². The van der Waals surface area contributed by atoms with E-state index in [-0.39, 0.29) is 10.6 Å². The SMILES string of the molecule is Cc1ccc(NC(=O)COC(=O)c2ccc(Cl)cc2Cl)c(Cl)c1. The molecular formula is C16H12Cl3NO3. The van der Waals surface area contributed by atoms with E-state index in [4.69, 9.17) is 39.5 Å². The molecule has 2 rings (SSSR count). The molecule has 7 heteroatoms. The van der Waals surface area contributed by atoms with Gasteiger partial charge in [0.25, 0.3) is 5.91 Å². The van der Waals surface area contributed by atoms with Gasteiger partial charge < -0.3 is 10.1 Å². The molecule has 1 amide bonds. The molecule has 0 atom stereocenters. The summed E-state index contributed by atoms with van der Waals surface area (Å²) < 4.78 is 4.92. The summed E-state index contributed by atoms with van der Waals surface area (Å²) in [5.74, 6) is -1.22. The van der Waals surface area contributed by atoms with Gasteiger partial charge in [0.05, 0.1) is 21.3 Å². The minimum absolute atomic E-state index is 0.136. The maximum atomic E-state index is 11.9. The predicted molar refractivity (Wildman–Crippen MR) is 91.6 cm³/mol. The van der Waals surface area contributed by atoms with Crippen molar-refractivity contribution in [2.24, 2.45) is 0 Å². The number of halogens is 3. The van der Waals surface area contributed by atoms with Crippen LogP contribution in [0.1, 0.15) is 15.9 Å². The molecule has 0 aliphatic carbocycles. The molecule has 0 saturated carbocycles. The smallest absolute Gasteiger partial charge is 0.340 e. The fraction of sp³-hybridized carbons (Fsp3) is 0.125. The molecule has 2 aromatic rings. The molecule has 23 heavy (non-hydrogen) atoms. The second kappa shape index (κ2) is 7.68. The fourth-order valence-corrected chi connectivity index (χ4v) is 2.54. The summed E-state index contributed by atoms with van der Waals surface area (Å²) in [7, 11) is 0. The largest absolute Gasteiger partial charge is 0.452 e. The van der Waals surface area contributed by atoms with Crippen LogP contribution in [0.4, 0.5) is 5.69 Å². The first-order chi connectivity index (χ1) is 10.9. The summed E-state index contributed by atoms with van der Waals surface area (Å²) in [4.78, 5) is 23.7. The van der Waals surface area contributed by atoms with Gasteiger partial charge >= 0.3 is 5.97 Å². The zero-order chi connectivity index (χ0) is 17.0. The van der Waals surface area contributed by atoms with Crippen molar-refractivity contribution in [2.45, 2.75) is 6.92 Å². The van der Waals surface area contributed by atoms with E-state index in [1.165, 1.54) is 18.2 Å². The van der Waals surface area contributed by atoms with Crippen molar-refractivity contribution >= 4 is 52.4 Å². The Morgan fingerprint density at radius 3 is 2.43 bits per heavy atom. The van der Waals surface area contributed by atoms with E-state index in [2.05, 4.69) is 5.32 Å². The summed E-state index contributed by atoms with van der Waals surface area (Å²) in [5.41, 5.74) is 1.55. The molecule has 0 heterocycles. The van der Waals surface area contributed by atoms with Crippen LogP contribution in [0.3, 0.4) is 0 Å². The Hall–Kier alpha value is -1.75. The number of esters is 1. The van der Waals surface area contributed by atoms with Gasteiger partial charge in [0.2, 0.25) is 0 Å². The van der Waals surface area contributed by atoms with Gasteiger partial charge in [-0.3, -0.25) is 4.79 Å². The minimum Gasteiger partial charge on any atom is -0.452 e. The Balaban J connectivity index is 1.94. The number of nitrogens with one attached hydrogen (secondary N) is 1. The van der Waals surface area contributed by atoms with Crippen LogP contribution in [0.15, 0.2) is 36.4 Å². The van der Waals surface area contributed by atoms with Gasteiger partial charge in [-0.15, -0.1) is 0 Å². The second-order valence-electron chi connectivity index (χ2n) is 4.73. The topological polar surface area (TPSA) is 55.4 Å². The highest BCUT2D eigenvalue weighted by molar-refractivity contribution is 6.36. The molecule has 0 spiro atoms. The molecule has 0 aliphatic rings. The van der Waals surface area contributed by atoms with Crippen LogP contribution < -0.4 is 5.32 Å². The predicted octanol–water partition coefficient (Wildman–Crippen LogP) is 4.75. The highest BCUT2D eigenvalue weighted by atomic mass is 35.5. The molecule has 0 aliphatic heterocycles. The highest BCUT2D eigenvalue weighted by Gasteiger charge is 2.14. The van der Waals surface area contributed by atoms with Crippen molar-refractivity contribution in [1.82, 2.24) is 0 Å². The number of hydrogen-bond donors (Lipinski definition) is 1. The summed E-state index contributed by atoms with van der Waals surface area (Å²) in [6, 6.07) is 9.56. The van der Waals surface area contributed by atoms with Gasteiger partial charge in [0, 0.05) is 5.02 Å². The third-order valence-electron chi connectivity index (χ3n) is 2.88. The minimum atomic E-state index is -0.711. The Labute approximate surface area is 148 Å². The van der Waals surface area contributed by atoms with Crippen LogP contribution in [-0.4, -0.2) is 18.5 Å². The number of ether oxygens (including phenoxy) is 1. The van der Waals surface area contributed by atoms with Crippen molar-refractivity contribution in [1.29, 1.82) is 0 Å². The number of rotatable bonds is 4. The lowest BCUT2D eigenvalue weighted by Crippen LogP contribution is -2.21. The van der Waals surface area contributed by atoms with Gasteiger partial charge in [0.15, 0.2) is 6.61 Å². The maximum absolute atomic E-state index is 11.9. The van der Waals surface area contributed by atoms with E-state index in [1.54, 1.807) is 18.2 Å². The van der Waals surface area contributed by atoms with Crippen molar-refractivity contribution < 1.29 is 14.3 Å². The summed E-state index contributed by atoms with van der Waals surface area (Å²) in [6.45, 7) is 1.43. The average molecular weight is 373 g/mol. The third-order valence-corrected chi connectivity index (χ3v) is 3.74.